The number of sulfonamides is 1. The molecular weight excluding hydrogens is 292 g/mol. The van der Waals surface area contributed by atoms with Crippen molar-refractivity contribution in [1.29, 1.82) is 5.26 Å². The van der Waals surface area contributed by atoms with Crippen molar-refractivity contribution >= 4 is 16.0 Å². The Balaban J connectivity index is 2.99. The van der Waals surface area contributed by atoms with E-state index in [4.69, 9.17) is 10.4 Å². The van der Waals surface area contributed by atoms with Crippen LogP contribution in [0.3, 0.4) is 0 Å². The molecule has 0 aromatic heterocycles. The van der Waals surface area contributed by atoms with Crippen LogP contribution < -0.4 is 4.72 Å². The fourth-order valence-corrected chi connectivity index (χ4v) is 3.06. The third-order valence-corrected chi connectivity index (χ3v) is 4.73. The summed E-state index contributed by atoms with van der Waals surface area (Å²) in [6, 6.07) is 6.61. The summed E-state index contributed by atoms with van der Waals surface area (Å²) < 4.78 is 26.6. The number of nitrogens with one attached hydrogen (secondary N) is 1. The van der Waals surface area contributed by atoms with E-state index in [1.807, 2.05) is 6.07 Å². The van der Waals surface area contributed by atoms with Crippen LogP contribution in [0.25, 0.3) is 0 Å². The highest BCUT2D eigenvalue weighted by molar-refractivity contribution is 7.89. The zero-order chi connectivity index (χ0) is 16.0. The summed E-state index contributed by atoms with van der Waals surface area (Å²) in [5.41, 5.74) is 0.702. The molecule has 7 heteroatoms. The fourth-order valence-electron chi connectivity index (χ4n) is 1.76. The second-order valence-corrected chi connectivity index (χ2v) is 6.52. The van der Waals surface area contributed by atoms with Crippen LogP contribution in [0.1, 0.15) is 25.8 Å². The first-order valence-electron chi connectivity index (χ1n) is 6.52. The third-order valence-electron chi connectivity index (χ3n) is 3.28. The van der Waals surface area contributed by atoms with Gasteiger partial charge in [-0.05, 0) is 23.6 Å². The Labute approximate surface area is 124 Å². The van der Waals surface area contributed by atoms with Crippen LogP contribution in [0, 0.1) is 17.2 Å². The van der Waals surface area contributed by atoms with E-state index in [2.05, 4.69) is 4.72 Å². The van der Waals surface area contributed by atoms with Crippen LogP contribution in [0.15, 0.2) is 29.2 Å². The molecule has 1 rings (SSSR count). The maximum Gasteiger partial charge on any atom is 0.322 e. The van der Waals surface area contributed by atoms with Gasteiger partial charge in [-0.1, -0.05) is 32.4 Å². The van der Waals surface area contributed by atoms with E-state index in [0.29, 0.717) is 12.0 Å². The Kier molecular flexibility index (Phi) is 5.88. The van der Waals surface area contributed by atoms with E-state index >= 15 is 0 Å². The first kappa shape index (κ1) is 17.1. The number of carbonyl (C=O) groups is 1. The normalized spacial score (nSPS) is 14.1. The van der Waals surface area contributed by atoms with Crippen LogP contribution in [0.4, 0.5) is 0 Å². The highest BCUT2D eigenvalue weighted by Gasteiger charge is 2.29. The Morgan fingerprint density at radius 3 is 2.38 bits per heavy atom. The molecule has 2 N–H and O–H groups in total. The summed E-state index contributed by atoms with van der Waals surface area (Å²) in [7, 11) is -3.91. The molecule has 6 nitrogen and oxygen atoms in total. The van der Waals surface area contributed by atoms with Gasteiger partial charge >= 0.3 is 5.97 Å². The number of benzene rings is 1. The van der Waals surface area contributed by atoms with Gasteiger partial charge in [0.25, 0.3) is 0 Å². The molecule has 0 saturated heterocycles. The summed E-state index contributed by atoms with van der Waals surface area (Å²) in [6.45, 7) is 3.48. The minimum atomic E-state index is -3.91. The van der Waals surface area contributed by atoms with E-state index in [0.717, 1.165) is 0 Å². The summed E-state index contributed by atoms with van der Waals surface area (Å²) in [5, 5.41) is 17.7. The minimum absolute atomic E-state index is 0.0151. The number of carboxylic acids is 1. The second kappa shape index (κ2) is 7.20. The van der Waals surface area contributed by atoms with Crippen molar-refractivity contribution in [3.8, 4) is 6.07 Å². The largest absolute Gasteiger partial charge is 0.480 e. The molecule has 21 heavy (non-hydrogen) atoms. The molecule has 0 radical (unpaired) electrons. The first-order chi connectivity index (χ1) is 9.81. The van der Waals surface area contributed by atoms with E-state index in [1.165, 1.54) is 24.3 Å². The SMILES string of the molecule is CCC(C)[C@H](NS(=O)(=O)c1ccc(CC#N)cc1)C(=O)O. The zero-order valence-electron chi connectivity index (χ0n) is 11.9. The van der Waals surface area contributed by atoms with Gasteiger partial charge in [0.05, 0.1) is 17.4 Å². The third kappa shape index (κ3) is 4.55. The lowest BCUT2D eigenvalue weighted by molar-refractivity contribution is -0.140. The molecular formula is C14H18N2O4S. The molecule has 0 fully saturated rings. The summed E-state index contributed by atoms with van der Waals surface area (Å²) in [5.74, 6) is -1.52. The number of hydrogen-bond acceptors (Lipinski definition) is 4. The molecule has 0 aliphatic heterocycles. The molecule has 0 spiro atoms. The monoisotopic (exact) mass is 310 g/mol. The highest BCUT2D eigenvalue weighted by Crippen LogP contribution is 2.15. The topological polar surface area (TPSA) is 107 Å². The number of nitriles is 1. The van der Waals surface area contributed by atoms with Crippen molar-refractivity contribution in [2.45, 2.75) is 37.6 Å². The van der Waals surface area contributed by atoms with Crippen LogP contribution in [0.5, 0.6) is 0 Å². The molecule has 0 bridgehead atoms. The van der Waals surface area contributed by atoms with Gasteiger partial charge in [-0.25, -0.2) is 8.42 Å². The van der Waals surface area contributed by atoms with Gasteiger partial charge in [-0.15, -0.1) is 0 Å². The Bertz CT molecular complexity index is 632. The molecule has 0 aliphatic rings. The van der Waals surface area contributed by atoms with E-state index < -0.39 is 22.0 Å². The van der Waals surface area contributed by atoms with Gasteiger partial charge in [0.2, 0.25) is 10.0 Å². The maximum absolute atomic E-state index is 12.2. The Morgan fingerprint density at radius 1 is 1.38 bits per heavy atom. The quantitative estimate of drug-likeness (QED) is 0.794. The van der Waals surface area contributed by atoms with Gasteiger partial charge in [0.1, 0.15) is 6.04 Å². The van der Waals surface area contributed by atoms with Crippen molar-refractivity contribution in [3.05, 3.63) is 29.8 Å². The molecule has 114 valence electrons. The lowest BCUT2D eigenvalue weighted by atomic mass is 10.0. The Hall–Kier alpha value is -1.91. The second-order valence-electron chi connectivity index (χ2n) is 4.80. The predicted molar refractivity (Wildman–Crippen MR) is 77.0 cm³/mol. The number of rotatable bonds is 7. The smallest absolute Gasteiger partial charge is 0.322 e. The molecule has 0 saturated carbocycles. The Morgan fingerprint density at radius 2 is 1.95 bits per heavy atom. The molecule has 1 unspecified atom stereocenters. The van der Waals surface area contributed by atoms with Crippen molar-refractivity contribution < 1.29 is 18.3 Å². The number of aliphatic carboxylic acids is 1. The van der Waals surface area contributed by atoms with Crippen LogP contribution in [-0.2, 0) is 21.2 Å². The molecule has 0 amide bonds. The van der Waals surface area contributed by atoms with Gasteiger partial charge in [-0.2, -0.15) is 9.98 Å². The first-order valence-corrected chi connectivity index (χ1v) is 8.01. The van der Waals surface area contributed by atoms with Crippen molar-refractivity contribution in [1.82, 2.24) is 4.72 Å². The zero-order valence-corrected chi connectivity index (χ0v) is 12.7. The van der Waals surface area contributed by atoms with E-state index in [9.17, 15) is 13.2 Å². The van der Waals surface area contributed by atoms with Gasteiger partial charge in [0, 0.05) is 0 Å². The predicted octanol–water partition coefficient (Wildman–Crippen LogP) is 1.53. The summed E-state index contributed by atoms with van der Waals surface area (Å²) in [4.78, 5) is 11.2. The van der Waals surface area contributed by atoms with Crippen molar-refractivity contribution in [3.63, 3.8) is 0 Å². The molecule has 0 aliphatic carbocycles. The standard InChI is InChI=1S/C14H18N2O4S/c1-3-10(2)13(14(17)18)16-21(19,20)12-6-4-11(5-7-12)8-9-15/h4-7,10,13,16H,3,8H2,1-2H3,(H,17,18)/t10?,13-/m0/s1. The lowest BCUT2D eigenvalue weighted by Gasteiger charge is -2.20. The van der Waals surface area contributed by atoms with Crippen LogP contribution in [0.2, 0.25) is 0 Å². The summed E-state index contributed by atoms with van der Waals surface area (Å²) >= 11 is 0. The lowest BCUT2D eigenvalue weighted by Crippen LogP contribution is -2.44. The average molecular weight is 310 g/mol. The minimum Gasteiger partial charge on any atom is -0.480 e. The molecule has 1 aromatic carbocycles. The van der Waals surface area contributed by atoms with Crippen molar-refractivity contribution in [2.75, 3.05) is 0 Å². The number of carboxylic acid groups (broad SMARTS) is 1. The average Bonchev–Trinajstić information content (AvgIpc) is 2.44. The highest BCUT2D eigenvalue weighted by atomic mass is 32.2. The van der Waals surface area contributed by atoms with Gasteiger partial charge in [-0.3, -0.25) is 4.79 Å². The number of hydrogen-bond donors (Lipinski definition) is 2. The fraction of sp³-hybridized carbons (Fsp3) is 0.429. The van der Waals surface area contributed by atoms with Crippen LogP contribution in [-0.4, -0.2) is 25.5 Å². The molecule has 0 heterocycles. The molecule has 2 atom stereocenters. The maximum atomic E-state index is 12.2. The van der Waals surface area contributed by atoms with Crippen LogP contribution >= 0.6 is 0 Å². The molecule has 1 aromatic rings. The summed E-state index contributed by atoms with van der Waals surface area (Å²) in [6.07, 6.45) is 0.735. The van der Waals surface area contributed by atoms with Gasteiger partial charge < -0.3 is 5.11 Å². The number of nitrogens with zero attached hydrogens (tertiary/aromatic N) is 1. The van der Waals surface area contributed by atoms with E-state index in [-0.39, 0.29) is 17.2 Å². The van der Waals surface area contributed by atoms with E-state index in [1.54, 1.807) is 13.8 Å². The van der Waals surface area contributed by atoms with Gasteiger partial charge in [0.15, 0.2) is 0 Å². The van der Waals surface area contributed by atoms with Crippen molar-refractivity contribution in [2.24, 2.45) is 5.92 Å².